The number of para-hydroxylation sites is 1. The Kier molecular flexibility index (Phi) is 2.83. The molecular weight excluding hydrogens is 196 g/mol. The Bertz CT molecular complexity index is 369. The molecule has 1 aromatic rings. The van der Waals surface area contributed by atoms with E-state index in [1.165, 1.54) is 42.5 Å². The van der Waals surface area contributed by atoms with E-state index in [1.807, 2.05) is 0 Å². The van der Waals surface area contributed by atoms with Crippen LogP contribution in [0.2, 0.25) is 0 Å². The van der Waals surface area contributed by atoms with Crippen molar-refractivity contribution < 1.29 is 0 Å². The van der Waals surface area contributed by atoms with Crippen LogP contribution in [0.4, 0.5) is 5.69 Å². The molecule has 0 saturated heterocycles. The van der Waals surface area contributed by atoms with Crippen LogP contribution in [-0.2, 0) is 12.8 Å². The Morgan fingerprint density at radius 3 is 3.06 bits per heavy atom. The molecule has 1 aliphatic carbocycles. The lowest BCUT2D eigenvalue weighted by Crippen LogP contribution is -2.36. The molecule has 0 amide bonds. The molecule has 0 aromatic heterocycles. The summed E-state index contributed by atoms with van der Waals surface area (Å²) in [7, 11) is 0. The molecule has 86 valence electrons. The number of anilines is 1. The average molecular weight is 216 g/mol. The Hall–Kier alpha value is -1.02. The van der Waals surface area contributed by atoms with Gasteiger partial charge in [-0.3, -0.25) is 0 Å². The van der Waals surface area contributed by atoms with Crippen LogP contribution in [0.5, 0.6) is 0 Å². The molecule has 1 fully saturated rings. The van der Waals surface area contributed by atoms with Crippen LogP contribution in [-0.4, -0.2) is 19.1 Å². The lowest BCUT2D eigenvalue weighted by molar-refractivity contribution is 0.342. The summed E-state index contributed by atoms with van der Waals surface area (Å²) in [5.41, 5.74) is 4.40. The Labute approximate surface area is 97.4 Å². The number of nitrogens with one attached hydrogen (secondary N) is 2. The van der Waals surface area contributed by atoms with Gasteiger partial charge in [-0.1, -0.05) is 24.6 Å². The van der Waals surface area contributed by atoms with Crippen molar-refractivity contribution in [3.05, 3.63) is 29.3 Å². The van der Waals surface area contributed by atoms with E-state index < -0.39 is 0 Å². The number of benzene rings is 1. The van der Waals surface area contributed by atoms with Crippen molar-refractivity contribution in [1.82, 2.24) is 5.32 Å². The second kappa shape index (κ2) is 4.46. The molecule has 2 nitrogen and oxygen atoms in total. The molecule has 0 radical (unpaired) electrons. The van der Waals surface area contributed by atoms with Crippen molar-refractivity contribution in [1.29, 1.82) is 0 Å². The average Bonchev–Trinajstić information content (AvgIpc) is 2.70. The van der Waals surface area contributed by atoms with Gasteiger partial charge in [0.25, 0.3) is 0 Å². The summed E-state index contributed by atoms with van der Waals surface area (Å²) >= 11 is 0. The minimum absolute atomic E-state index is 0.810. The maximum absolute atomic E-state index is 3.63. The first-order valence-electron chi connectivity index (χ1n) is 6.51. The van der Waals surface area contributed by atoms with Gasteiger partial charge in [-0.05, 0) is 43.4 Å². The maximum Gasteiger partial charge on any atom is 0.0406 e. The standard InChI is InChI=1S/C14H20N2/c1-3-11(7-9-15-13-5-2-6-13)14-12(4-1)8-10-16-14/h1,3-4,13,15-16H,2,5-10H2. The highest BCUT2D eigenvalue weighted by atomic mass is 14.9. The molecule has 16 heavy (non-hydrogen) atoms. The van der Waals surface area contributed by atoms with Crippen LogP contribution in [0.15, 0.2) is 18.2 Å². The first-order chi connectivity index (χ1) is 7.93. The van der Waals surface area contributed by atoms with Crippen LogP contribution in [0.1, 0.15) is 30.4 Å². The van der Waals surface area contributed by atoms with E-state index in [4.69, 9.17) is 0 Å². The Morgan fingerprint density at radius 2 is 2.25 bits per heavy atom. The lowest BCUT2D eigenvalue weighted by Gasteiger charge is -2.26. The van der Waals surface area contributed by atoms with Crippen molar-refractivity contribution in [2.24, 2.45) is 0 Å². The highest BCUT2D eigenvalue weighted by Gasteiger charge is 2.17. The van der Waals surface area contributed by atoms with E-state index in [9.17, 15) is 0 Å². The SMILES string of the molecule is c1cc2c(c(CCNC3CCC3)c1)NCC2. The molecule has 2 aliphatic rings. The van der Waals surface area contributed by atoms with Gasteiger partial charge in [0.1, 0.15) is 0 Å². The van der Waals surface area contributed by atoms with Crippen molar-refractivity contribution in [3.63, 3.8) is 0 Å². The zero-order valence-corrected chi connectivity index (χ0v) is 9.76. The summed E-state index contributed by atoms with van der Waals surface area (Å²) in [6.45, 7) is 2.24. The second-order valence-electron chi connectivity index (χ2n) is 4.96. The van der Waals surface area contributed by atoms with Crippen LogP contribution in [0.3, 0.4) is 0 Å². The molecule has 1 saturated carbocycles. The Balaban J connectivity index is 1.59. The van der Waals surface area contributed by atoms with Gasteiger partial charge in [0.05, 0.1) is 0 Å². The van der Waals surface area contributed by atoms with Crippen LogP contribution in [0, 0.1) is 0 Å². The monoisotopic (exact) mass is 216 g/mol. The molecular formula is C14H20N2. The van der Waals surface area contributed by atoms with Gasteiger partial charge in [-0.25, -0.2) is 0 Å². The summed E-state index contributed by atoms with van der Waals surface area (Å²) in [5, 5.41) is 7.14. The van der Waals surface area contributed by atoms with Gasteiger partial charge in [-0.15, -0.1) is 0 Å². The fourth-order valence-electron chi connectivity index (χ4n) is 2.64. The molecule has 0 bridgehead atoms. The summed E-state index contributed by atoms with van der Waals surface area (Å²) in [5.74, 6) is 0. The summed E-state index contributed by atoms with van der Waals surface area (Å²) in [6, 6.07) is 7.52. The van der Waals surface area contributed by atoms with E-state index in [2.05, 4.69) is 28.8 Å². The third-order valence-corrected chi connectivity index (χ3v) is 3.87. The zero-order valence-electron chi connectivity index (χ0n) is 9.76. The molecule has 0 unspecified atom stereocenters. The third kappa shape index (κ3) is 1.94. The van der Waals surface area contributed by atoms with Crippen molar-refractivity contribution in [2.45, 2.75) is 38.1 Å². The summed E-state index contributed by atoms with van der Waals surface area (Å²) in [6.07, 6.45) is 6.53. The zero-order chi connectivity index (χ0) is 10.8. The van der Waals surface area contributed by atoms with Gasteiger partial charge in [0.2, 0.25) is 0 Å². The topological polar surface area (TPSA) is 24.1 Å². The highest BCUT2D eigenvalue weighted by molar-refractivity contribution is 5.61. The van der Waals surface area contributed by atoms with Gasteiger partial charge in [0, 0.05) is 18.3 Å². The van der Waals surface area contributed by atoms with Crippen molar-refractivity contribution in [2.75, 3.05) is 18.4 Å². The fourth-order valence-corrected chi connectivity index (χ4v) is 2.64. The van der Waals surface area contributed by atoms with Crippen molar-refractivity contribution in [3.8, 4) is 0 Å². The van der Waals surface area contributed by atoms with E-state index >= 15 is 0 Å². The molecule has 0 spiro atoms. The second-order valence-corrected chi connectivity index (χ2v) is 4.96. The van der Waals surface area contributed by atoms with Crippen LogP contribution in [0.25, 0.3) is 0 Å². The van der Waals surface area contributed by atoms with Crippen molar-refractivity contribution >= 4 is 5.69 Å². The quantitative estimate of drug-likeness (QED) is 0.807. The van der Waals surface area contributed by atoms with Gasteiger partial charge in [0.15, 0.2) is 0 Å². The predicted molar refractivity (Wildman–Crippen MR) is 68.0 cm³/mol. The minimum atomic E-state index is 0.810. The molecule has 3 rings (SSSR count). The van der Waals surface area contributed by atoms with E-state index in [0.717, 1.165) is 25.6 Å². The van der Waals surface area contributed by atoms with Gasteiger partial charge < -0.3 is 10.6 Å². The molecule has 1 aromatic carbocycles. The fraction of sp³-hybridized carbons (Fsp3) is 0.571. The maximum atomic E-state index is 3.63. The van der Waals surface area contributed by atoms with E-state index in [-0.39, 0.29) is 0 Å². The molecule has 0 atom stereocenters. The van der Waals surface area contributed by atoms with Gasteiger partial charge >= 0.3 is 0 Å². The van der Waals surface area contributed by atoms with Crippen LogP contribution < -0.4 is 10.6 Å². The largest absolute Gasteiger partial charge is 0.384 e. The van der Waals surface area contributed by atoms with Gasteiger partial charge in [-0.2, -0.15) is 0 Å². The Morgan fingerprint density at radius 1 is 1.31 bits per heavy atom. The third-order valence-electron chi connectivity index (χ3n) is 3.87. The summed E-state index contributed by atoms with van der Waals surface area (Å²) in [4.78, 5) is 0. The first kappa shape index (κ1) is 10.2. The number of fused-ring (bicyclic) bond motifs is 1. The number of hydrogen-bond donors (Lipinski definition) is 2. The van der Waals surface area contributed by atoms with E-state index in [0.29, 0.717) is 0 Å². The number of rotatable bonds is 4. The molecule has 2 N–H and O–H groups in total. The smallest absolute Gasteiger partial charge is 0.0406 e. The van der Waals surface area contributed by atoms with Crippen LogP contribution >= 0.6 is 0 Å². The first-order valence-corrected chi connectivity index (χ1v) is 6.51. The molecule has 2 heteroatoms. The predicted octanol–water partition coefficient (Wildman–Crippen LogP) is 2.34. The minimum Gasteiger partial charge on any atom is -0.384 e. The normalized spacial score (nSPS) is 19.0. The molecule has 1 aliphatic heterocycles. The molecule has 1 heterocycles. The summed E-state index contributed by atoms with van der Waals surface area (Å²) < 4.78 is 0. The number of hydrogen-bond acceptors (Lipinski definition) is 2. The highest BCUT2D eigenvalue weighted by Crippen LogP contribution is 2.26. The van der Waals surface area contributed by atoms with E-state index in [1.54, 1.807) is 0 Å². The lowest BCUT2D eigenvalue weighted by atomic mass is 9.93.